The molecule has 1 rings (SSSR count). The third-order valence-corrected chi connectivity index (χ3v) is 2.60. The van der Waals surface area contributed by atoms with Crippen molar-refractivity contribution in [2.45, 2.75) is 25.9 Å². The number of carbonyl (C=O) groups excluding carboxylic acids is 1. The Morgan fingerprint density at radius 2 is 2.09 bits per heavy atom. The van der Waals surface area contributed by atoms with Gasteiger partial charge in [0.1, 0.15) is 5.78 Å². The summed E-state index contributed by atoms with van der Waals surface area (Å²) in [5, 5.41) is 5.51. The third-order valence-electron chi connectivity index (χ3n) is 2.31. The number of nitrogens with one attached hydrogen (secondary N) is 1. The van der Waals surface area contributed by atoms with E-state index in [1.165, 1.54) is 19.2 Å². The number of nitrogens with zero attached hydrogens (tertiary/aromatic N) is 4. The number of carbonyl (C=O) groups is 1. The third kappa shape index (κ3) is 10.2. The molecule has 11 heteroatoms. The van der Waals surface area contributed by atoms with E-state index in [-0.39, 0.29) is 6.42 Å². The molecule has 0 saturated carbocycles. The minimum atomic E-state index is -4.32. The zero-order valence-electron chi connectivity index (χ0n) is 11.3. The van der Waals surface area contributed by atoms with Crippen molar-refractivity contribution in [3.05, 3.63) is 29.0 Å². The highest BCUT2D eigenvalue weighted by molar-refractivity contribution is 6.30. The fourth-order valence-electron chi connectivity index (χ4n) is 1.34. The minimum absolute atomic E-state index is 0.103. The van der Waals surface area contributed by atoms with Gasteiger partial charge in [0.25, 0.3) is 0 Å². The molecule has 0 amide bonds. The first-order valence-electron chi connectivity index (χ1n) is 5.77. The van der Waals surface area contributed by atoms with Gasteiger partial charge < -0.3 is 0 Å². The van der Waals surface area contributed by atoms with E-state index in [9.17, 15) is 18.0 Å². The van der Waals surface area contributed by atoms with Crippen LogP contribution in [0.25, 0.3) is 0 Å². The molecule has 0 bridgehead atoms. The average molecular weight is 358 g/mol. The Morgan fingerprint density at radius 3 is 2.45 bits per heavy atom. The largest absolute Gasteiger partial charge is 0.389 e. The molecule has 0 aliphatic rings. The molecule has 6 nitrogen and oxygen atoms in total. The second kappa shape index (κ2) is 10.2. The maximum absolute atomic E-state index is 12.1. The molecule has 122 valence electrons. The van der Waals surface area contributed by atoms with Gasteiger partial charge in [0.05, 0.1) is 23.2 Å². The molecule has 0 radical (unpaired) electrons. The quantitative estimate of drug-likeness (QED) is 0.594. The molecule has 22 heavy (non-hydrogen) atoms. The Labute approximate surface area is 134 Å². The zero-order valence-corrected chi connectivity index (χ0v) is 12.8. The predicted molar refractivity (Wildman–Crippen MR) is 73.7 cm³/mol. The second-order valence-electron chi connectivity index (χ2n) is 4.10. The van der Waals surface area contributed by atoms with Crippen LogP contribution in [0.3, 0.4) is 0 Å². The van der Waals surface area contributed by atoms with Gasteiger partial charge in [0.15, 0.2) is 0 Å². The Kier molecular flexibility index (Phi) is 9.43. The van der Waals surface area contributed by atoms with E-state index < -0.39 is 24.3 Å². The topological polar surface area (TPSA) is 90.9 Å². The van der Waals surface area contributed by atoms with Gasteiger partial charge in [-0.15, -0.1) is 0 Å². The van der Waals surface area contributed by atoms with Gasteiger partial charge in [-0.05, 0) is 22.6 Å². The highest BCUT2D eigenvalue weighted by Crippen LogP contribution is 2.25. The predicted octanol–water partition coefficient (Wildman–Crippen LogP) is 4.97. The smallest absolute Gasteiger partial charge is 0.299 e. The molecular formula is C11H12Cl2F3N5O. The molecule has 1 heterocycles. The van der Waals surface area contributed by atoms with E-state index in [1.54, 1.807) is 6.07 Å². The van der Waals surface area contributed by atoms with E-state index in [2.05, 4.69) is 31.8 Å². The summed E-state index contributed by atoms with van der Waals surface area (Å²) in [6, 6.07) is 3.08. The van der Waals surface area contributed by atoms with Gasteiger partial charge >= 0.3 is 6.18 Å². The lowest BCUT2D eigenvalue weighted by Gasteiger charge is -2.12. The Balaban J connectivity index is 0.000000763. The number of hydrogen-bond donors (Lipinski definition) is 1. The van der Waals surface area contributed by atoms with Crippen LogP contribution < -0.4 is 0 Å². The summed E-state index contributed by atoms with van der Waals surface area (Å²) < 4.78 is 38.8. The van der Waals surface area contributed by atoms with Gasteiger partial charge in [-0.3, -0.25) is 9.78 Å². The number of alkyl halides is 3. The normalized spacial score (nSPS) is 12.5. The van der Waals surface area contributed by atoms with Crippen LogP contribution in [0.5, 0.6) is 0 Å². The molecule has 1 atom stereocenters. The SMILES string of the molecule is CC(CC(F)(F)F)C(=O)Cc1ccc(Cl)cn1.N=NN=NCl. The Hall–Kier alpha value is -1.61. The highest BCUT2D eigenvalue weighted by atomic mass is 35.5. The van der Waals surface area contributed by atoms with Crippen molar-refractivity contribution < 1.29 is 18.0 Å². The van der Waals surface area contributed by atoms with E-state index in [1.807, 2.05) is 0 Å². The summed E-state index contributed by atoms with van der Waals surface area (Å²) in [6.07, 6.45) is -4.16. The summed E-state index contributed by atoms with van der Waals surface area (Å²) in [5.74, 6) is -1.52. The number of pyridine rings is 1. The van der Waals surface area contributed by atoms with E-state index >= 15 is 0 Å². The molecule has 0 aliphatic carbocycles. The number of Topliss-reactive ketones (excluding diaryl/α,β-unsaturated/α-hetero) is 1. The molecule has 0 aromatic carbocycles. The molecule has 1 unspecified atom stereocenters. The maximum Gasteiger partial charge on any atom is 0.389 e. The molecule has 1 N–H and O–H groups in total. The fourth-order valence-corrected chi connectivity index (χ4v) is 1.49. The number of rotatable bonds is 5. The van der Waals surface area contributed by atoms with Gasteiger partial charge in [0.2, 0.25) is 0 Å². The molecule has 0 aliphatic heterocycles. The van der Waals surface area contributed by atoms with Gasteiger partial charge in [0, 0.05) is 24.2 Å². The molecular weight excluding hydrogens is 346 g/mol. The van der Waals surface area contributed by atoms with Gasteiger partial charge in [-0.2, -0.15) is 18.7 Å². The van der Waals surface area contributed by atoms with Gasteiger partial charge in [-0.25, -0.2) is 0 Å². The number of hydrogen-bond acceptors (Lipinski definition) is 4. The van der Waals surface area contributed by atoms with Crippen molar-refractivity contribution in [3.63, 3.8) is 0 Å². The van der Waals surface area contributed by atoms with Crippen LogP contribution in [0.1, 0.15) is 19.0 Å². The lowest BCUT2D eigenvalue weighted by atomic mass is 9.98. The van der Waals surface area contributed by atoms with Crippen LogP contribution in [0.4, 0.5) is 13.2 Å². The minimum Gasteiger partial charge on any atom is -0.299 e. The summed E-state index contributed by atoms with van der Waals surface area (Å²) in [5.41, 5.74) is 6.31. The van der Waals surface area contributed by atoms with Crippen molar-refractivity contribution in [3.8, 4) is 0 Å². The van der Waals surface area contributed by atoms with Gasteiger partial charge in [-0.1, -0.05) is 23.2 Å². The lowest BCUT2D eigenvalue weighted by Crippen LogP contribution is -2.21. The summed E-state index contributed by atoms with van der Waals surface area (Å²) in [7, 11) is 0. The zero-order chi connectivity index (χ0) is 17.2. The Morgan fingerprint density at radius 1 is 1.45 bits per heavy atom. The van der Waals surface area contributed by atoms with Crippen LogP contribution in [0, 0.1) is 11.4 Å². The first-order valence-corrected chi connectivity index (χ1v) is 6.48. The number of ketones is 1. The van der Waals surface area contributed by atoms with E-state index in [4.69, 9.17) is 17.1 Å². The number of aromatic nitrogens is 1. The molecule has 0 spiro atoms. The van der Waals surface area contributed by atoms with Crippen molar-refractivity contribution in [1.29, 1.82) is 5.53 Å². The molecule has 0 saturated heterocycles. The van der Waals surface area contributed by atoms with E-state index in [0.29, 0.717) is 10.7 Å². The first-order chi connectivity index (χ1) is 10.2. The Bertz CT molecular complexity index is 507. The van der Waals surface area contributed by atoms with Crippen LogP contribution in [-0.2, 0) is 11.2 Å². The average Bonchev–Trinajstić information content (AvgIpc) is 2.41. The molecule has 0 fully saturated rings. The standard InChI is InChI=1S/C11H11ClF3NO.ClHN4/c1-7(5-11(13,14)15)10(17)4-9-3-2-8(12)6-16-9;1-3-5-4-2/h2-3,6-7H,4-5H2,1H3;2H. The monoisotopic (exact) mass is 357 g/mol. The molecule has 1 aromatic heterocycles. The van der Waals surface area contributed by atoms with Crippen molar-refractivity contribution in [1.82, 2.24) is 4.98 Å². The number of halogens is 5. The second-order valence-corrected chi connectivity index (χ2v) is 4.68. The van der Waals surface area contributed by atoms with Crippen LogP contribution in [-0.4, -0.2) is 16.9 Å². The van der Waals surface area contributed by atoms with Crippen LogP contribution >= 0.6 is 23.4 Å². The summed E-state index contributed by atoms with van der Waals surface area (Å²) in [6.45, 7) is 1.27. The summed E-state index contributed by atoms with van der Waals surface area (Å²) >= 11 is 10.1. The fraction of sp³-hybridized carbons (Fsp3) is 0.455. The molecule has 1 aromatic rings. The van der Waals surface area contributed by atoms with Crippen molar-refractivity contribution in [2.24, 2.45) is 21.0 Å². The summed E-state index contributed by atoms with van der Waals surface area (Å²) in [4.78, 5) is 15.4. The van der Waals surface area contributed by atoms with Crippen molar-refractivity contribution >= 4 is 29.2 Å². The lowest BCUT2D eigenvalue weighted by molar-refractivity contribution is -0.151. The first kappa shape index (κ1) is 20.4. The van der Waals surface area contributed by atoms with E-state index in [0.717, 1.165) is 0 Å². The highest BCUT2D eigenvalue weighted by Gasteiger charge is 2.32. The van der Waals surface area contributed by atoms with Crippen LogP contribution in [0.2, 0.25) is 5.02 Å². The van der Waals surface area contributed by atoms with Crippen molar-refractivity contribution in [2.75, 3.05) is 0 Å². The van der Waals surface area contributed by atoms with Crippen LogP contribution in [0.15, 0.2) is 33.4 Å². The maximum atomic E-state index is 12.1.